The van der Waals surface area contributed by atoms with Crippen molar-refractivity contribution in [2.75, 3.05) is 27.4 Å². The summed E-state index contributed by atoms with van der Waals surface area (Å²) in [4.78, 5) is 0. The predicted molar refractivity (Wildman–Crippen MR) is 52.9 cm³/mol. The third kappa shape index (κ3) is 31.8. The van der Waals surface area contributed by atoms with Crippen LogP contribution in [0.3, 0.4) is 0 Å². The van der Waals surface area contributed by atoms with E-state index in [2.05, 4.69) is 9.47 Å². The van der Waals surface area contributed by atoms with Gasteiger partial charge in [0.15, 0.2) is 0 Å². The molecule has 0 saturated heterocycles. The molecule has 0 fully saturated rings. The third-order valence-electron chi connectivity index (χ3n) is 0.816. The van der Waals surface area contributed by atoms with E-state index in [1.165, 1.54) is 0 Å². The summed E-state index contributed by atoms with van der Waals surface area (Å²) >= 11 is 0. The minimum absolute atomic E-state index is 0. The number of ether oxygens (including phenoxy) is 2. The zero-order valence-electron chi connectivity index (χ0n) is 8.99. The molecule has 0 aliphatic heterocycles. The van der Waals surface area contributed by atoms with Gasteiger partial charge in [-0.05, 0) is 13.8 Å². The maximum absolute atomic E-state index is 8.43. The topological polar surface area (TPSA) is 58.9 Å². The molecule has 5 heteroatoms. The minimum atomic E-state index is -0.324. The van der Waals surface area contributed by atoms with E-state index in [1.54, 1.807) is 28.1 Å². The standard InChI is InChI=1S/2C4H10O2.Ba/c2*1-4(5)3-6-2;/h2*4-5H,3H2,1-2H3;. The van der Waals surface area contributed by atoms with Crippen molar-refractivity contribution in [1.29, 1.82) is 0 Å². The van der Waals surface area contributed by atoms with Crippen molar-refractivity contribution >= 4 is 48.9 Å². The molecule has 2 atom stereocenters. The molecule has 0 spiro atoms. The van der Waals surface area contributed by atoms with Crippen LogP contribution in [0.15, 0.2) is 0 Å². The van der Waals surface area contributed by atoms with Crippen molar-refractivity contribution in [3.05, 3.63) is 0 Å². The van der Waals surface area contributed by atoms with Gasteiger partial charge in [-0.15, -0.1) is 0 Å². The van der Waals surface area contributed by atoms with Crippen molar-refractivity contribution in [2.24, 2.45) is 0 Å². The molecule has 0 bridgehead atoms. The summed E-state index contributed by atoms with van der Waals surface area (Å²) in [6.07, 6.45) is -0.648. The van der Waals surface area contributed by atoms with Crippen molar-refractivity contribution in [2.45, 2.75) is 26.1 Å². The van der Waals surface area contributed by atoms with Crippen molar-refractivity contribution in [3.8, 4) is 0 Å². The van der Waals surface area contributed by atoms with Crippen LogP contribution < -0.4 is 0 Å². The summed E-state index contributed by atoms with van der Waals surface area (Å²) in [5, 5.41) is 16.9. The first-order chi connectivity index (χ1) is 5.54. The van der Waals surface area contributed by atoms with Crippen LogP contribution in [-0.2, 0) is 9.47 Å². The second-order valence-electron chi connectivity index (χ2n) is 2.61. The van der Waals surface area contributed by atoms with Gasteiger partial charge in [-0.3, -0.25) is 0 Å². The number of methoxy groups -OCH3 is 2. The first kappa shape index (κ1) is 19.9. The van der Waals surface area contributed by atoms with Crippen LogP contribution in [-0.4, -0.2) is 98.7 Å². The number of aliphatic hydroxyl groups is 2. The van der Waals surface area contributed by atoms with Gasteiger partial charge < -0.3 is 19.7 Å². The summed E-state index contributed by atoms with van der Waals surface area (Å²) < 4.78 is 9.11. The normalized spacial score (nSPS) is 13.4. The molecule has 0 aromatic carbocycles. The van der Waals surface area contributed by atoms with E-state index < -0.39 is 0 Å². The summed E-state index contributed by atoms with van der Waals surface area (Å²) in [6, 6.07) is 0. The first-order valence-electron chi connectivity index (χ1n) is 3.88. The maximum atomic E-state index is 8.43. The average molecular weight is 318 g/mol. The van der Waals surface area contributed by atoms with Crippen LogP contribution in [0.5, 0.6) is 0 Å². The largest absolute Gasteiger partial charge is 0.391 e. The Morgan fingerprint density at radius 1 is 0.923 bits per heavy atom. The minimum Gasteiger partial charge on any atom is -0.391 e. The molecule has 4 nitrogen and oxygen atoms in total. The molecular weight excluding hydrogens is 297 g/mol. The van der Waals surface area contributed by atoms with Gasteiger partial charge in [-0.25, -0.2) is 0 Å². The second kappa shape index (κ2) is 15.9. The van der Waals surface area contributed by atoms with Crippen molar-refractivity contribution in [1.82, 2.24) is 0 Å². The van der Waals surface area contributed by atoms with Crippen LogP contribution in [0.4, 0.5) is 0 Å². The van der Waals surface area contributed by atoms with E-state index in [4.69, 9.17) is 10.2 Å². The van der Waals surface area contributed by atoms with Crippen molar-refractivity contribution < 1.29 is 19.7 Å². The van der Waals surface area contributed by atoms with Gasteiger partial charge in [0.25, 0.3) is 0 Å². The molecule has 0 rings (SSSR count). The van der Waals surface area contributed by atoms with Gasteiger partial charge in [0.1, 0.15) is 0 Å². The second-order valence-corrected chi connectivity index (χ2v) is 2.61. The number of rotatable bonds is 4. The van der Waals surface area contributed by atoms with E-state index in [-0.39, 0.29) is 61.1 Å². The molecule has 0 aliphatic carbocycles. The predicted octanol–water partition coefficient (Wildman–Crippen LogP) is -0.354. The fraction of sp³-hybridized carbons (Fsp3) is 1.00. The van der Waals surface area contributed by atoms with Gasteiger partial charge in [0.05, 0.1) is 25.4 Å². The fourth-order valence-electron chi connectivity index (χ4n) is 0.482. The van der Waals surface area contributed by atoms with Crippen LogP contribution in [0.2, 0.25) is 0 Å². The fourth-order valence-corrected chi connectivity index (χ4v) is 0.482. The molecule has 2 unspecified atom stereocenters. The van der Waals surface area contributed by atoms with E-state index in [9.17, 15) is 0 Å². The molecule has 0 saturated carbocycles. The Kier molecular flexibility index (Phi) is 24.3. The Hall–Kier alpha value is 1.41. The summed E-state index contributed by atoms with van der Waals surface area (Å²) in [7, 11) is 3.12. The van der Waals surface area contributed by atoms with Gasteiger partial charge in [-0.2, -0.15) is 0 Å². The molecule has 0 aliphatic rings. The Balaban J connectivity index is -0.000000143. The summed E-state index contributed by atoms with van der Waals surface area (Å²) in [6.45, 7) is 4.23. The summed E-state index contributed by atoms with van der Waals surface area (Å²) in [5.74, 6) is 0. The smallest absolute Gasteiger partial charge is 0.0745 e. The Labute approximate surface area is 121 Å². The molecule has 2 radical (unpaired) electrons. The molecule has 0 aromatic rings. The molecule has 0 aromatic heterocycles. The Bertz CT molecular complexity index is 68.5. The molecule has 0 heterocycles. The van der Waals surface area contributed by atoms with Crippen LogP contribution in [0.25, 0.3) is 0 Å². The van der Waals surface area contributed by atoms with Crippen LogP contribution in [0.1, 0.15) is 13.8 Å². The SMILES string of the molecule is COCC(C)O.COCC(C)O.[Ba]. The molecular formula is C8H20BaO4. The van der Waals surface area contributed by atoms with E-state index in [1.807, 2.05) is 0 Å². The summed E-state index contributed by atoms with van der Waals surface area (Å²) in [5.41, 5.74) is 0. The Morgan fingerprint density at radius 2 is 1.15 bits per heavy atom. The Morgan fingerprint density at radius 3 is 1.15 bits per heavy atom. The zero-order valence-corrected chi connectivity index (χ0v) is 13.4. The molecule has 13 heavy (non-hydrogen) atoms. The van der Waals surface area contributed by atoms with E-state index in [0.717, 1.165) is 0 Å². The monoisotopic (exact) mass is 318 g/mol. The molecule has 0 amide bonds. The van der Waals surface area contributed by atoms with Gasteiger partial charge in [0, 0.05) is 63.1 Å². The van der Waals surface area contributed by atoms with Gasteiger partial charge in [-0.1, -0.05) is 0 Å². The first-order valence-corrected chi connectivity index (χ1v) is 3.88. The number of hydrogen-bond donors (Lipinski definition) is 2. The quantitative estimate of drug-likeness (QED) is 0.696. The third-order valence-corrected chi connectivity index (χ3v) is 0.816. The van der Waals surface area contributed by atoms with Gasteiger partial charge >= 0.3 is 0 Å². The van der Waals surface area contributed by atoms with Gasteiger partial charge in [0.2, 0.25) is 0 Å². The number of aliphatic hydroxyl groups excluding tert-OH is 2. The maximum Gasteiger partial charge on any atom is 0.0745 e. The van der Waals surface area contributed by atoms with Crippen LogP contribution in [0, 0.1) is 0 Å². The average Bonchev–Trinajstić information content (AvgIpc) is 1.87. The number of hydrogen-bond acceptors (Lipinski definition) is 4. The van der Waals surface area contributed by atoms with E-state index in [0.29, 0.717) is 13.2 Å². The molecule has 2 N–H and O–H groups in total. The zero-order chi connectivity index (χ0) is 9.98. The van der Waals surface area contributed by atoms with Crippen molar-refractivity contribution in [3.63, 3.8) is 0 Å². The van der Waals surface area contributed by atoms with Crippen LogP contribution >= 0.6 is 0 Å². The van der Waals surface area contributed by atoms with E-state index >= 15 is 0 Å². The molecule has 78 valence electrons.